The number of unbranched alkanes of at least 4 members (excludes halogenated alkanes) is 1. The molecule has 0 saturated heterocycles. The van der Waals surface area contributed by atoms with E-state index in [9.17, 15) is 4.57 Å². The molecular weight excluding hydrogens is 323 g/mol. The number of rotatable bonds is 10. The molecule has 0 saturated carbocycles. The molecule has 0 unspecified atom stereocenters. The zero-order valence-electron chi connectivity index (χ0n) is 12.6. The minimum absolute atomic E-state index is 0.153. The number of fused-ring (bicyclic) bond motifs is 1. The second-order valence-corrected chi connectivity index (χ2v) is 6.54. The number of nitrogens with two attached hydrogens (primary N) is 1. The van der Waals surface area contributed by atoms with Crippen molar-refractivity contribution in [3.8, 4) is 0 Å². The normalized spacial score (nSPS) is 12.0. The number of imidazole rings is 1. The number of hydrogen-bond donors (Lipinski definition) is 4. The van der Waals surface area contributed by atoms with Crippen LogP contribution in [0.3, 0.4) is 0 Å². The Morgan fingerprint density at radius 2 is 2.13 bits per heavy atom. The van der Waals surface area contributed by atoms with Gasteiger partial charge in [0, 0.05) is 13.1 Å². The highest BCUT2D eigenvalue weighted by Gasteiger charge is 2.13. The van der Waals surface area contributed by atoms with Gasteiger partial charge in [0.15, 0.2) is 11.5 Å². The van der Waals surface area contributed by atoms with Gasteiger partial charge < -0.3 is 30.1 Å². The third kappa shape index (κ3) is 5.52. The molecule has 2 rings (SSSR count). The van der Waals surface area contributed by atoms with Crippen molar-refractivity contribution in [2.24, 2.45) is 5.73 Å². The first-order chi connectivity index (χ1) is 11.0. The van der Waals surface area contributed by atoms with Crippen LogP contribution in [0.5, 0.6) is 0 Å². The van der Waals surface area contributed by atoms with E-state index in [2.05, 4.69) is 20.3 Å². The highest BCUT2D eigenvalue weighted by molar-refractivity contribution is 7.51. The zero-order valence-corrected chi connectivity index (χ0v) is 13.5. The van der Waals surface area contributed by atoms with Crippen molar-refractivity contribution in [2.75, 3.05) is 31.4 Å². The summed E-state index contributed by atoms with van der Waals surface area (Å²) >= 11 is 0. The fourth-order valence-electron chi connectivity index (χ4n) is 2.00. The van der Waals surface area contributed by atoms with Gasteiger partial charge in [-0.15, -0.1) is 0 Å². The first-order valence-electron chi connectivity index (χ1n) is 7.23. The van der Waals surface area contributed by atoms with Gasteiger partial charge in [0.2, 0.25) is 0 Å². The Morgan fingerprint density at radius 3 is 2.87 bits per heavy atom. The second kappa shape index (κ2) is 8.32. The predicted molar refractivity (Wildman–Crippen MR) is 85.0 cm³/mol. The molecule has 2 heterocycles. The fraction of sp³-hybridized carbons (Fsp3) is 0.583. The van der Waals surface area contributed by atoms with Crippen LogP contribution >= 0.6 is 7.60 Å². The van der Waals surface area contributed by atoms with Crippen LogP contribution in [0, 0.1) is 0 Å². The molecule has 0 amide bonds. The largest absolute Gasteiger partial charge is 0.368 e. The van der Waals surface area contributed by atoms with Crippen LogP contribution in [0.2, 0.25) is 0 Å². The summed E-state index contributed by atoms with van der Waals surface area (Å²) in [4.78, 5) is 30.1. The minimum atomic E-state index is -4.14. The Hall–Kier alpha value is -1.58. The van der Waals surface area contributed by atoms with Crippen LogP contribution in [0.15, 0.2) is 12.7 Å². The van der Waals surface area contributed by atoms with E-state index < -0.39 is 13.9 Å². The lowest BCUT2D eigenvalue weighted by atomic mass is 10.3. The molecule has 128 valence electrons. The molecule has 11 heteroatoms. The number of nitrogens with zero attached hydrogens (tertiary/aromatic N) is 4. The smallest absolute Gasteiger partial charge is 0.350 e. The van der Waals surface area contributed by atoms with E-state index in [0.717, 1.165) is 19.4 Å². The van der Waals surface area contributed by atoms with Crippen molar-refractivity contribution in [1.29, 1.82) is 0 Å². The minimum Gasteiger partial charge on any atom is -0.368 e. The monoisotopic (exact) mass is 344 g/mol. The third-order valence-electron chi connectivity index (χ3n) is 3.06. The van der Waals surface area contributed by atoms with Crippen LogP contribution < -0.4 is 11.1 Å². The highest BCUT2D eigenvalue weighted by Crippen LogP contribution is 2.33. The van der Waals surface area contributed by atoms with E-state index in [4.69, 9.17) is 20.3 Å². The molecule has 0 radical (unpaired) electrons. The number of hydrogen-bond acceptors (Lipinski definition) is 7. The first-order valence-corrected chi connectivity index (χ1v) is 9.03. The highest BCUT2D eigenvalue weighted by atomic mass is 31.2. The van der Waals surface area contributed by atoms with Crippen LogP contribution in [0.25, 0.3) is 11.2 Å². The van der Waals surface area contributed by atoms with Crippen molar-refractivity contribution >= 4 is 24.6 Å². The molecule has 10 nitrogen and oxygen atoms in total. The molecule has 2 aromatic rings. The molecule has 0 aliphatic rings. The van der Waals surface area contributed by atoms with E-state index in [0.29, 0.717) is 30.1 Å². The molecule has 5 N–H and O–H groups in total. The van der Waals surface area contributed by atoms with E-state index in [1.807, 2.05) is 0 Å². The lowest BCUT2D eigenvalue weighted by Gasteiger charge is -2.07. The molecule has 0 bridgehead atoms. The summed E-state index contributed by atoms with van der Waals surface area (Å²) in [7, 11) is -4.14. The number of nitrogens with one attached hydrogen (secondary N) is 1. The quantitative estimate of drug-likeness (QED) is 0.348. The van der Waals surface area contributed by atoms with E-state index in [-0.39, 0.29) is 6.61 Å². The molecule has 0 aromatic carbocycles. The standard InChI is InChI=1S/C12H21N6O4P/c13-3-1-2-4-14-11-10-12(16-7-15-11)18(8-17-10)5-6-22-9-23(19,20)21/h7-8H,1-6,9,13H2,(H,14,15,16)(H2,19,20,21). The molecule has 0 aliphatic carbocycles. The molecule has 23 heavy (non-hydrogen) atoms. The Balaban J connectivity index is 1.96. The summed E-state index contributed by atoms with van der Waals surface area (Å²) in [6, 6.07) is 0. The summed E-state index contributed by atoms with van der Waals surface area (Å²) in [6.45, 7) is 1.95. The molecule has 0 atom stereocenters. The van der Waals surface area contributed by atoms with E-state index >= 15 is 0 Å². The number of aromatic nitrogens is 4. The predicted octanol–water partition coefficient (Wildman–Crippen LogP) is 0.129. The Morgan fingerprint density at radius 1 is 1.30 bits per heavy atom. The lowest BCUT2D eigenvalue weighted by molar-refractivity contribution is 0.149. The van der Waals surface area contributed by atoms with Gasteiger partial charge in [-0.25, -0.2) is 15.0 Å². The van der Waals surface area contributed by atoms with E-state index in [1.54, 1.807) is 10.9 Å². The Bertz CT molecular complexity index is 673. The topological polar surface area (TPSA) is 148 Å². The van der Waals surface area contributed by atoms with E-state index in [1.165, 1.54) is 6.33 Å². The summed E-state index contributed by atoms with van der Waals surface area (Å²) < 4.78 is 17.4. The summed E-state index contributed by atoms with van der Waals surface area (Å²) in [5.41, 5.74) is 6.75. The van der Waals surface area contributed by atoms with Crippen LogP contribution in [0.4, 0.5) is 5.82 Å². The molecule has 0 fully saturated rings. The van der Waals surface area contributed by atoms with Gasteiger partial charge in [0.25, 0.3) is 0 Å². The number of ether oxygens (including phenoxy) is 1. The van der Waals surface area contributed by atoms with Gasteiger partial charge in [-0.3, -0.25) is 4.57 Å². The maximum Gasteiger partial charge on any atom is 0.350 e. The Labute approximate surface area is 133 Å². The fourth-order valence-corrected chi connectivity index (χ4v) is 2.36. The van der Waals surface area contributed by atoms with Crippen molar-refractivity contribution in [1.82, 2.24) is 19.5 Å². The SMILES string of the molecule is NCCCCNc1ncnc2c1ncn2CCOCP(=O)(O)O. The number of anilines is 1. The average Bonchev–Trinajstić information content (AvgIpc) is 2.91. The molecule has 0 aliphatic heterocycles. The summed E-state index contributed by atoms with van der Waals surface area (Å²) in [6.07, 6.45) is 4.33. The van der Waals surface area contributed by atoms with Gasteiger partial charge in [-0.1, -0.05) is 0 Å². The van der Waals surface area contributed by atoms with Gasteiger partial charge in [0.1, 0.15) is 18.2 Å². The molecule has 0 spiro atoms. The summed E-state index contributed by atoms with van der Waals surface area (Å²) in [5.74, 6) is 0.655. The van der Waals surface area contributed by atoms with Gasteiger partial charge in [0.05, 0.1) is 12.9 Å². The zero-order chi connectivity index (χ0) is 16.7. The molecular formula is C12H21N6O4P. The second-order valence-electron chi connectivity index (χ2n) is 4.96. The van der Waals surface area contributed by atoms with Gasteiger partial charge in [-0.2, -0.15) is 0 Å². The van der Waals surface area contributed by atoms with Crippen LogP contribution in [0.1, 0.15) is 12.8 Å². The van der Waals surface area contributed by atoms with Crippen LogP contribution in [-0.4, -0.2) is 55.4 Å². The first kappa shape index (κ1) is 17.8. The average molecular weight is 344 g/mol. The van der Waals surface area contributed by atoms with Crippen LogP contribution in [-0.2, 0) is 15.8 Å². The lowest BCUT2D eigenvalue weighted by Crippen LogP contribution is -2.08. The Kier molecular flexibility index (Phi) is 6.43. The van der Waals surface area contributed by atoms with Gasteiger partial charge >= 0.3 is 7.60 Å². The van der Waals surface area contributed by atoms with Crippen molar-refractivity contribution < 1.29 is 19.1 Å². The maximum atomic E-state index is 10.7. The summed E-state index contributed by atoms with van der Waals surface area (Å²) in [5, 5.41) is 3.21. The molecule has 2 aromatic heterocycles. The third-order valence-corrected chi connectivity index (χ3v) is 3.58. The van der Waals surface area contributed by atoms with Crippen molar-refractivity contribution in [2.45, 2.75) is 19.4 Å². The van der Waals surface area contributed by atoms with Crippen molar-refractivity contribution in [3.63, 3.8) is 0 Å². The van der Waals surface area contributed by atoms with Gasteiger partial charge in [-0.05, 0) is 19.4 Å². The maximum absolute atomic E-state index is 10.7. The van der Waals surface area contributed by atoms with Crippen molar-refractivity contribution in [3.05, 3.63) is 12.7 Å².